The van der Waals surface area contributed by atoms with E-state index < -0.39 is 0 Å². The lowest BCUT2D eigenvalue weighted by molar-refractivity contribution is 0.584. The Morgan fingerprint density at radius 1 is 1.16 bits per heavy atom. The Kier molecular flexibility index (Phi) is 3.81. The van der Waals surface area contributed by atoms with Gasteiger partial charge in [0.2, 0.25) is 0 Å². The number of hydrogen-bond donors (Lipinski definition) is 1. The molecule has 1 aromatic carbocycles. The number of benzene rings is 1. The van der Waals surface area contributed by atoms with Crippen LogP contribution in [0.1, 0.15) is 25.5 Å². The van der Waals surface area contributed by atoms with Crippen molar-refractivity contribution >= 4 is 17.2 Å². The molecule has 0 spiro atoms. The van der Waals surface area contributed by atoms with E-state index in [-0.39, 0.29) is 16.6 Å². The van der Waals surface area contributed by atoms with E-state index in [1.165, 1.54) is 0 Å². The highest BCUT2D eigenvalue weighted by Gasteiger charge is 2.13. The summed E-state index contributed by atoms with van der Waals surface area (Å²) < 4.78 is 1.73. The molecule has 0 amide bonds. The molecule has 0 unspecified atom stereocenters. The van der Waals surface area contributed by atoms with Gasteiger partial charge in [0.15, 0.2) is 0 Å². The monoisotopic (exact) mass is 272 g/mol. The van der Waals surface area contributed by atoms with E-state index >= 15 is 0 Å². The summed E-state index contributed by atoms with van der Waals surface area (Å²) in [7, 11) is 0. The van der Waals surface area contributed by atoms with Crippen molar-refractivity contribution in [2.45, 2.75) is 19.9 Å². The van der Waals surface area contributed by atoms with Crippen LogP contribution >= 0.6 is 12.2 Å². The van der Waals surface area contributed by atoms with Crippen LogP contribution in [0.15, 0.2) is 47.3 Å². The smallest absolute Gasteiger partial charge is 0.261 e. The molecule has 0 saturated heterocycles. The lowest BCUT2D eigenvalue weighted by Crippen LogP contribution is -2.30. The van der Waals surface area contributed by atoms with Crippen LogP contribution in [0, 0.1) is 0 Å². The molecule has 0 radical (unpaired) electrons. The third kappa shape index (κ3) is 2.58. The summed E-state index contributed by atoms with van der Waals surface area (Å²) in [6, 6.07) is 13.4. The molecule has 4 heteroatoms. The molecular formula is C15H16N2OS. The molecule has 2 N–H and O–H groups in total. The quantitative estimate of drug-likeness (QED) is 0.874. The number of nitrogens with two attached hydrogens (primary N) is 1. The Bertz CT molecular complexity index is 660. The lowest BCUT2D eigenvalue weighted by Gasteiger charge is -2.17. The minimum absolute atomic E-state index is 0.0389. The fourth-order valence-corrected chi connectivity index (χ4v) is 2.25. The zero-order valence-electron chi connectivity index (χ0n) is 11.0. The van der Waals surface area contributed by atoms with E-state index in [4.69, 9.17) is 18.0 Å². The number of pyridine rings is 1. The Hall–Kier alpha value is -1.94. The van der Waals surface area contributed by atoms with E-state index in [2.05, 4.69) is 0 Å². The molecule has 1 aromatic heterocycles. The van der Waals surface area contributed by atoms with Crippen molar-refractivity contribution in [1.29, 1.82) is 0 Å². The molecule has 3 nitrogen and oxygen atoms in total. The fourth-order valence-electron chi connectivity index (χ4n) is 2.10. The molecule has 2 rings (SSSR count). The van der Waals surface area contributed by atoms with Crippen LogP contribution in [0.5, 0.6) is 0 Å². The standard InChI is InChI=1S/C15H16N2OS/c1-10(2)17-13(11-6-4-3-5-7-11)9-8-12(14(16)19)15(17)18/h3-10H,1-2H3,(H2,16,19). The predicted molar refractivity (Wildman–Crippen MR) is 82.4 cm³/mol. The molecule has 0 aliphatic heterocycles. The first-order valence-corrected chi connectivity index (χ1v) is 6.54. The molecule has 2 aromatic rings. The summed E-state index contributed by atoms with van der Waals surface area (Å²) in [5.41, 5.74) is 7.73. The second kappa shape index (κ2) is 5.36. The van der Waals surface area contributed by atoms with Crippen LogP contribution in [-0.2, 0) is 0 Å². The summed E-state index contributed by atoms with van der Waals surface area (Å²) >= 11 is 4.92. The molecular weight excluding hydrogens is 256 g/mol. The number of thiocarbonyl (C=S) groups is 1. The summed E-state index contributed by atoms with van der Waals surface area (Å²) in [5, 5.41) is 0. The van der Waals surface area contributed by atoms with E-state index in [1.54, 1.807) is 10.6 Å². The molecule has 0 bridgehead atoms. The fraction of sp³-hybridized carbons (Fsp3) is 0.200. The van der Waals surface area contributed by atoms with Crippen LogP contribution < -0.4 is 11.3 Å². The minimum Gasteiger partial charge on any atom is -0.389 e. The van der Waals surface area contributed by atoms with Crippen molar-refractivity contribution in [3.8, 4) is 11.3 Å². The van der Waals surface area contributed by atoms with Gasteiger partial charge >= 0.3 is 0 Å². The van der Waals surface area contributed by atoms with Crippen molar-refractivity contribution in [1.82, 2.24) is 4.57 Å². The zero-order chi connectivity index (χ0) is 14.0. The van der Waals surface area contributed by atoms with Crippen molar-refractivity contribution in [3.05, 3.63) is 58.4 Å². The van der Waals surface area contributed by atoms with Gasteiger partial charge in [-0.2, -0.15) is 0 Å². The second-order valence-electron chi connectivity index (χ2n) is 4.63. The summed E-state index contributed by atoms with van der Waals surface area (Å²) in [5.74, 6) is 0. The molecule has 19 heavy (non-hydrogen) atoms. The van der Waals surface area contributed by atoms with Gasteiger partial charge < -0.3 is 10.3 Å². The first-order valence-electron chi connectivity index (χ1n) is 6.13. The number of hydrogen-bond acceptors (Lipinski definition) is 2. The van der Waals surface area contributed by atoms with Crippen molar-refractivity contribution in [2.75, 3.05) is 0 Å². The first kappa shape index (κ1) is 13.5. The van der Waals surface area contributed by atoms with E-state index in [0.717, 1.165) is 11.3 Å². The molecule has 0 aliphatic carbocycles. The largest absolute Gasteiger partial charge is 0.389 e. The number of aromatic nitrogens is 1. The molecule has 0 saturated carbocycles. The molecule has 0 atom stereocenters. The van der Waals surface area contributed by atoms with Crippen LogP contribution in [-0.4, -0.2) is 9.56 Å². The van der Waals surface area contributed by atoms with E-state index in [1.807, 2.05) is 50.2 Å². The maximum atomic E-state index is 12.4. The molecule has 0 aliphatic rings. The molecule has 1 heterocycles. The van der Waals surface area contributed by atoms with Gasteiger partial charge in [-0.05, 0) is 31.5 Å². The van der Waals surface area contributed by atoms with Gasteiger partial charge in [0.25, 0.3) is 5.56 Å². The highest BCUT2D eigenvalue weighted by atomic mass is 32.1. The number of rotatable bonds is 3. The maximum absolute atomic E-state index is 12.4. The highest BCUT2D eigenvalue weighted by Crippen LogP contribution is 2.20. The summed E-state index contributed by atoms with van der Waals surface area (Å²) in [6.45, 7) is 3.94. The third-order valence-electron chi connectivity index (χ3n) is 2.97. The van der Waals surface area contributed by atoms with Crippen LogP contribution in [0.2, 0.25) is 0 Å². The second-order valence-corrected chi connectivity index (χ2v) is 5.07. The average Bonchev–Trinajstić information content (AvgIpc) is 2.38. The lowest BCUT2D eigenvalue weighted by atomic mass is 10.1. The van der Waals surface area contributed by atoms with Crippen molar-refractivity contribution in [2.24, 2.45) is 5.73 Å². The van der Waals surface area contributed by atoms with Gasteiger partial charge in [-0.25, -0.2) is 0 Å². The Morgan fingerprint density at radius 2 is 1.79 bits per heavy atom. The molecule has 98 valence electrons. The van der Waals surface area contributed by atoms with Crippen LogP contribution in [0.25, 0.3) is 11.3 Å². The van der Waals surface area contributed by atoms with Gasteiger partial charge in [0.1, 0.15) is 4.99 Å². The topological polar surface area (TPSA) is 48.0 Å². The first-order chi connectivity index (χ1) is 9.02. The average molecular weight is 272 g/mol. The van der Waals surface area contributed by atoms with Gasteiger partial charge in [0.05, 0.1) is 11.3 Å². The minimum atomic E-state index is -0.135. The SMILES string of the molecule is CC(C)n1c(-c2ccccc2)ccc(C(N)=S)c1=O. The summed E-state index contributed by atoms with van der Waals surface area (Å²) in [4.78, 5) is 12.6. The van der Waals surface area contributed by atoms with Gasteiger partial charge in [-0.1, -0.05) is 42.5 Å². The van der Waals surface area contributed by atoms with E-state index in [0.29, 0.717) is 5.56 Å². The van der Waals surface area contributed by atoms with Crippen LogP contribution in [0.3, 0.4) is 0 Å². The Morgan fingerprint density at radius 3 is 2.32 bits per heavy atom. The Labute approximate surface area is 117 Å². The predicted octanol–water partition coefficient (Wildman–Crippen LogP) is 2.73. The van der Waals surface area contributed by atoms with Gasteiger partial charge in [-0.3, -0.25) is 4.79 Å². The molecule has 0 fully saturated rings. The maximum Gasteiger partial charge on any atom is 0.261 e. The van der Waals surface area contributed by atoms with Crippen molar-refractivity contribution in [3.63, 3.8) is 0 Å². The highest BCUT2D eigenvalue weighted by molar-refractivity contribution is 7.80. The van der Waals surface area contributed by atoms with E-state index in [9.17, 15) is 4.79 Å². The zero-order valence-corrected chi connectivity index (χ0v) is 11.8. The Balaban J connectivity index is 2.74. The van der Waals surface area contributed by atoms with Gasteiger partial charge in [-0.15, -0.1) is 0 Å². The number of nitrogens with zero attached hydrogens (tertiary/aromatic N) is 1. The third-order valence-corrected chi connectivity index (χ3v) is 3.19. The van der Waals surface area contributed by atoms with Gasteiger partial charge in [0, 0.05) is 6.04 Å². The van der Waals surface area contributed by atoms with Crippen LogP contribution in [0.4, 0.5) is 0 Å². The van der Waals surface area contributed by atoms with Crippen molar-refractivity contribution < 1.29 is 0 Å². The normalized spacial score (nSPS) is 10.7. The summed E-state index contributed by atoms with van der Waals surface area (Å²) in [6.07, 6.45) is 0.